The van der Waals surface area contributed by atoms with Gasteiger partial charge in [-0.25, -0.2) is 13.8 Å². The van der Waals surface area contributed by atoms with Crippen LogP contribution in [0.5, 0.6) is 0 Å². The maximum absolute atomic E-state index is 14.3. The molecule has 2 aromatic heterocycles. The molecule has 0 aliphatic carbocycles. The molecule has 2 N–H and O–H groups in total. The first-order valence-corrected chi connectivity index (χ1v) is 10.3. The number of hydrogen-bond donors (Lipinski definition) is 1. The number of halogens is 2. The molecule has 0 fully saturated rings. The molecule has 0 saturated carbocycles. The number of pyridine rings is 1. The summed E-state index contributed by atoms with van der Waals surface area (Å²) in [5.74, 6) is -1.32. The Hall–Kier alpha value is -3.69. The number of aromatic nitrogens is 5. The van der Waals surface area contributed by atoms with Crippen molar-refractivity contribution >= 4 is 17.3 Å². The highest BCUT2D eigenvalue weighted by Gasteiger charge is 2.22. The molecule has 3 heterocycles. The molecule has 4 rings (SSSR count). The van der Waals surface area contributed by atoms with Crippen molar-refractivity contribution in [1.82, 2.24) is 30.1 Å². The number of nitrogens with two attached hydrogens (primary N) is 1. The van der Waals surface area contributed by atoms with E-state index in [-0.39, 0.29) is 23.2 Å². The summed E-state index contributed by atoms with van der Waals surface area (Å²) in [5, 5.41) is 11.4. The molecule has 0 atom stereocenters. The van der Waals surface area contributed by atoms with Gasteiger partial charge in [0.2, 0.25) is 5.91 Å². The highest BCUT2D eigenvalue weighted by Crippen LogP contribution is 2.30. The zero-order valence-corrected chi connectivity index (χ0v) is 17.8. The third-order valence-corrected chi connectivity index (χ3v) is 5.30. The van der Waals surface area contributed by atoms with Gasteiger partial charge in [0.05, 0.1) is 5.56 Å². The Morgan fingerprint density at radius 1 is 1.28 bits per heavy atom. The number of tetrazole rings is 1. The predicted octanol–water partition coefficient (Wildman–Crippen LogP) is 3.25. The highest BCUT2D eigenvalue weighted by molar-refractivity contribution is 5.80. The summed E-state index contributed by atoms with van der Waals surface area (Å²) in [6.07, 6.45) is 4.83. The van der Waals surface area contributed by atoms with E-state index >= 15 is 0 Å². The van der Waals surface area contributed by atoms with Gasteiger partial charge in [0.1, 0.15) is 11.5 Å². The molecular formula is C22H23F2N7O. The average Bonchev–Trinajstić information content (AvgIpc) is 3.25. The predicted molar refractivity (Wildman–Crippen MR) is 115 cm³/mol. The summed E-state index contributed by atoms with van der Waals surface area (Å²) < 4.78 is 29.1. The van der Waals surface area contributed by atoms with Gasteiger partial charge in [0.25, 0.3) is 0 Å². The minimum atomic E-state index is -1.06. The van der Waals surface area contributed by atoms with E-state index in [0.29, 0.717) is 37.4 Å². The van der Waals surface area contributed by atoms with Crippen LogP contribution in [0.3, 0.4) is 0 Å². The number of carbonyl (C=O) groups excluding carboxylic acids is 1. The Bertz CT molecular complexity index is 1190. The van der Waals surface area contributed by atoms with Crippen LogP contribution < -0.4 is 5.73 Å². The molecule has 10 heteroatoms. The van der Waals surface area contributed by atoms with Crippen LogP contribution in [0, 0.1) is 17.6 Å². The Balaban J connectivity index is 1.65. The molecule has 0 spiro atoms. The second-order valence-electron chi connectivity index (χ2n) is 8.06. The lowest BCUT2D eigenvalue weighted by molar-refractivity contribution is -0.131. The molecule has 0 bridgehead atoms. The number of carbonyl (C=O) groups is 1. The number of hydrogen-bond acceptors (Lipinski definition) is 6. The van der Waals surface area contributed by atoms with Crippen molar-refractivity contribution in [3.05, 3.63) is 53.7 Å². The van der Waals surface area contributed by atoms with E-state index in [0.717, 1.165) is 21.9 Å². The second-order valence-corrected chi connectivity index (χ2v) is 8.06. The zero-order chi connectivity index (χ0) is 22.8. The monoisotopic (exact) mass is 439 g/mol. The van der Waals surface area contributed by atoms with Gasteiger partial charge >= 0.3 is 0 Å². The van der Waals surface area contributed by atoms with Crippen LogP contribution in [0.4, 0.5) is 14.6 Å². The van der Waals surface area contributed by atoms with Crippen LogP contribution in [0.15, 0.2) is 36.5 Å². The van der Waals surface area contributed by atoms with Gasteiger partial charge in [-0.05, 0) is 52.1 Å². The SMILES string of the molecule is CC(C)CC(=O)N1CC=C(c2cnc(N)c(-c3nnnn3-c3cccc(F)c3F)c2)CC1. The largest absolute Gasteiger partial charge is 0.383 e. The van der Waals surface area contributed by atoms with Crippen molar-refractivity contribution in [1.29, 1.82) is 0 Å². The molecular weight excluding hydrogens is 416 g/mol. The number of anilines is 1. The minimum Gasteiger partial charge on any atom is -0.383 e. The normalized spacial score (nSPS) is 14.0. The molecule has 0 unspecified atom stereocenters. The summed E-state index contributed by atoms with van der Waals surface area (Å²) in [4.78, 5) is 18.4. The van der Waals surface area contributed by atoms with E-state index in [1.165, 1.54) is 12.1 Å². The zero-order valence-electron chi connectivity index (χ0n) is 17.8. The van der Waals surface area contributed by atoms with Gasteiger partial charge in [0, 0.05) is 25.7 Å². The second kappa shape index (κ2) is 8.81. The van der Waals surface area contributed by atoms with Crippen molar-refractivity contribution < 1.29 is 13.6 Å². The summed E-state index contributed by atoms with van der Waals surface area (Å²) >= 11 is 0. The summed E-state index contributed by atoms with van der Waals surface area (Å²) in [6, 6.07) is 5.54. The van der Waals surface area contributed by atoms with Crippen molar-refractivity contribution in [3.8, 4) is 17.1 Å². The van der Waals surface area contributed by atoms with Gasteiger partial charge in [-0.15, -0.1) is 5.10 Å². The Morgan fingerprint density at radius 2 is 2.09 bits per heavy atom. The molecule has 8 nitrogen and oxygen atoms in total. The van der Waals surface area contributed by atoms with Crippen LogP contribution in [-0.2, 0) is 4.79 Å². The lowest BCUT2D eigenvalue weighted by atomic mass is 9.98. The van der Waals surface area contributed by atoms with Gasteiger partial charge in [-0.1, -0.05) is 26.0 Å². The molecule has 1 aliphatic rings. The molecule has 1 aliphatic heterocycles. The van der Waals surface area contributed by atoms with Gasteiger partial charge < -0.3 is 10.6 Å². The molecule has 3 aromatic rings. The molecule has 166 valence electrons. The first-order valence-electron chi connectivity index (χ1n) is 10.3. The van der Waals surface area contributed by atoms with Gasteiger partial charge in [0.15, 0.2) is 17.5 Å². The fraction of sp³-hybridized carbons (Fsp3) is 0.318. The number of nitrogen functional groups attached to an aromatic ring is 1. The Morgan fingerprint density at radius 3 is 2.81 bits per heavy atom. The van der Waals surface area contributed by atoms with Crippen molar-refractivity contribution in [2.75, 3.05) is 18.8 Å². The van der Waals surface area contributed by atoms with E-state index in [9.17, 15) is 13.6 Å². The first-order chi connectivity index (χ1) is 15.3. The quantitative estimate of drug-likeness (QED) is 0.655. The van der Waals surface area contributed by atoms with E-state index < -0.39 is 11.6 Å². The standard InChI is InChI=1S/C22H23F2N7O/c1-13(2)10-19(32)30-8-6-14(7-9-30)15-11-16(21(25)26-12-15)22-27-28-29-31(22)18-5-3-4-17(23)20(18)24/h3-6,11-13H,7-10H2,1-2H3,(H2,25,26). The van der Waals surface area contributed by atoms with Crippen molar-refractivity contribution in [2.24, 2.45) is 5.92 Å². The molecule has 0 saturated heterocycles. The van der Waals surface area contributed by atoms with Crippen molar-refractivity contribution in [2.45, 2.75) is 26.7 Å². The van der Waals surface area contributed by atoms with Crippen LogP contribution >= 0.6 is 0 Å². The van der Waals surface area contributed by atoms with E-state index in [2.05, 4.69) is 20.5 Å². The fourth-order valence-electron chi connectivity index (χ4n) is 3.64. The topological polar surface area (TPSA) is 103 Å². The van der Waals surface area contributed by atoms with Crippen LogP contribution in [-0.4, -0.2) is 49.1 Å². The summed E-state index contributed by atoms with van der Waals surface area (Å²) in [5.41, 5.74) is 8.16. The average molecular weight is 439 g/mol. The smallest absolute Gasteiger partial charge is 0.223 e. The van der Waals surface area contributed by atoms with Crippen LogP contribution in [0.2, 0.25) is 0 Å². The van der Waals surface area contributed by atoms with Crippen molar-refractivity contribution in [3.63, 3.8) is 0 Å². The fourth-order valence-corrected chi connectivity index (χ4v) is 3.64. The maximum Gasteiger partial charge on any atom is 0.223 e. The molecule has 32 heavy (non-hydrogen) atoms. The van der Waals surface area contributed by atoms with E-state index in [1.54, 1.807) is 12.3 Å². The minimum absolute atomic E-state index is 0.133. The lowest BCUT2D eigenvalue weighted by Gasteiger charge is -2.27. The molecule has 1 aromatic carbocycles. The van der Waals surface area contributed by atoms with Gasteiger partial charge in [-0.2, -0.15) is 4.68 Å². The first kappa shape index (κ1) is 21.5. The molecule has 1 amide bonds. The molecule has 0 radical (unpaired) electrons. The Labute approximate surface area is 183 Å². The number of rotatable bonds is 5. The third kappa shape index (κ3) is 4.20. The summed E-state index contributed by atoms with van der Waals surface area (Å²) in [6.45, 7) is 5.18. The number of benzene rings is 1. The lowest BCUT2D eigenvalue weighted by Crippen LogP contribution is -2.35. The number of nitrogens with zero attached hydrogens (tertiary/aromatic N) is 6. The summed E-state index contributed by atoms with van der Waals surface area (Å²) in [7, 11) is 0. The maximum atomic E-state index is 14.3. The van der Waals surface area contributed by atoms with E-state index in [4.69, 9.17) is 5.73 Å². The Kier molecular flexibility index (Phi) is 5.93. The van der Waals surface area contributed by atoms with E-state index in [1.807, 2.05) is 24.8 Å². The van der Waals surface area contributed by atoms with Gasteiger partial charge in [-0.3, -0.25) is 4.79 Å². The number of amides is 1. The van der Waals surface area contributed by atoms with Crippen LogP contribution in [0.1, 0.15) is 32.3 Å². The highest BCUT2D eigenvalue weighted by atomic mass is 19.2. The third-order valence-electron chi connectivity index (χ3n) is 5.30. The van der Waals surface area contributed by atoms with Crippen LogP contribution in [0.25, 0.3) is 22.6 Å².